The molecule has 2 rings (SSSR count). The number of hydrogen-bond acceptors (Lipinski definition) is 4. The Morgan fingerprint density at radius 3 is 2.61 bits per heavy atom. The van der Waals surface area contributed by atoms with Crippen LogP contribution in [0.4, 0.5) is 5.69 Å². The van der Waals surface area contributed by atoms with Crippen molar-refractivity contribution in [2.75, 3.05) is 25.1 Å². The van der Waals surface area contributed by atoms with Gasteiger partial charge in [0.1, 0.15) is 0 Å². The Hall–Kier alpha value is -1.78. The van der Waals surface area contributed by atoms with Gasteiger partial charge in [-0.1, -0.05) is 35.9 Å². The van der Waals surface area contributed by atoms with Gasteiger partial charge in [0.2, 0.25) is 0 Å². The van der Waals surface area contributed by atoms with E-state index in [0.717, 1.165) is 16.5 Å². The smallest absolute Gasteiger partial charge is 0.308 e. The van der Waals surface area contributed by atoms with Crippen molar-refractivity contribution in [2.45, 2.75) is 26.4 Å². The van der Waals surface area contributed by atoms with Crippen molar-refractivity contribution in [2.24, 2.45) is 0 Å². The highest BCUT2D eigenvalue weighted by Crippen LogP contribution is 2.30. The van der Waals surface area contributed by atoms with Gasteiger partial charge in [-0.2, -0.15) is 0 Å². The van der Waals surface area contributed by atoms with E-state index < -0.39 is 0 Å². The number of carbonyl (C=O) groups is 1. The molecule has 0 aliphatic rings. The average molecular weight is 336 g/mol. The maximum Gasteiger partial charge on any atom is 0.308 e. The third-order valence-electron chi connectivity index (χ3n) is 3.48. The summed E-state index contributed by atoms with van der Waals surface area (Å²) in [5.74, 6) is -0.247. The zero-order valence-corrected chi connectivity index (χ0v) is 14.2. The molecule has 0 heterocycles. The molecular formula is C18H22ClNO3. The molecule has 1 N–H and O–H groups in total. The lowest BCUT2D eigenvalue weighted by atomic mass is 10.1. The average Bonchev–Trinajstić information content (AvgIpc) is 2.53. The summed E-state index contributed by atoms with van der Waals surface area (Å²) in [6.07, 6.45) is -0.00974. The van der Waals surface area contributed by atoms with Gasteiger partial charge in [0.25, 0.3) is 0 Å². The summed E-state index contributed by atoms with van der Waals surface area (Å²) in [5.41, 5.74) is 0.932. The first-order valence-electron chi connectivity index (χ1n) is 7.84. The number of carbonyl (C=O) groups excluding carboxylic acids is 1. The van der Waals surface area contributed by atoms with Crippen LogP contribution in [0, 0.1) is 0 Å². The molecule has 1 unspecified atom stereocenters. The Kier molecular flexibility index (Phi) is 6.68. The van der Waals surface area contributed by atoms with Crippen LogP contribution in [-0.2, 0) is 14.3 Å². The summed E-state index contributed by atoms with van der Waals surface area (Å²) in [6, 6.07) is 11.8. The molecule has 0 fully saturated rings. The molecule has 0 spiro atoms. The van der Waals surface area contributed by atoms with E-state index in [1.54, 1.807) is 6.92 Å². The van der Waals surface area contributed by atoms with Crippen LogP contribution in [0.2, 0.25) is 5.02 Å². The van der Waals surface area contributed by atoms with Crippen LogP contribution in [0.25, 0.3) is 10.8 Å². The zero-order valence-electron chi connectivity index (χ0n) is 13.5. The second-order valence-corrected chi connectivity index (χ2v) is 5.52. The number of anilines is 1. The van der Waals surface area contributed by atoms with E-state index in [2.05, 4.69) is 5.32 Å². The lowest BCUT2D eigenvalue weighted by molar-refractivity contribution is -0.146. The molecule has 0 radical (unpaired) electrons. The maximum absolute atomic E-state index is 11.7. The number of halogens is 1. The highest BCUT2D eigenvalue weighted by Gasteiger charge is 2.15. The van der Waals surface area contributed by atoms with Gasteiger partial charge < -0.3 is 14.8 Å². The van der Waals surface area contributed by atoms with E-state index >= 15 is 0 Å². The van der Waals surface area contributed by atoms with E-state index in [1.807, 2.05) is 43.3 Å². The van der Waals surface area contributed by atoms with Gasteiger partial charge in [-0.15, -0.1) is 0 Å². The molecule has 23 heavy (non-hydrogen) atoms. The van der Waals surface area contributed by atoms with E-state index in [9.17, 15) is 4.79 Å². The van der Waals surface area contributed by atoms with Crippen molar-refractivity contribution in [3.05, 3.63) is 41.4 Å². The first-order valence-corrected chi connectivity index (χ1v) is 8.21. The van der Waals surface area contributed by atoms with E-state index in [4.69, 9.17) is 21.1 Å². The molecule has 0 aliphatic heterocycles. The molecule has 2 aromatic carbocycles. The molecule has 0 saturated carbocycles. The van der Waals surface area contributed by atoms with Crippen LogP contribution in [0.3, 0.4) is 0 Å². The highest BCUT2D eigenvalue weighted by atomic mass is 35.5. The second-order valence-electron chi connectivity index (χ2n) is 5.11. The fourth-order valence-electron chi connectivity index (χ4n) is 2.50. The number of esters is 1. The fraction of sp³-hybridized carbons (Fsp3) is 0.389. The molecule has 0 aromatic heterocycles. The van der Waals surface area contributed by atoms with Crippen molar-refractivity contribution >= 4 is 34.0 Å². The topological polar surface area (TPSA) is 47.6 Å². The van der Waals surface area contributed by atoms with Gasteiger partial charge in [0.15, 0.2) is 0 Å². The minimum Gasteiger partial charge on any atom is -0.466 e. The van der Waals surface area contributed by atoms with Crippen molar-refractivity contribution in [3.8, 4) is 0 Å². The number of benzene rings is 2. The molecule has 5 heteroatoms. The molecule has 2 aromatic rings. The number of hydrogen-bond donors (Lipinski definition) is 1. The molecule has 4 nitrogen and oxygen atoms in total. The van der Waals surface area contributed by atoms with Crippen LogP contribution in [-0.4, -0.2) is 31.8 Å². The van der Waals surface area contributed by atoms with E-state index in [1.165, 1.54) is 0 Å². The summed E-state index contributed by atoms with van der Waals surface area (Å²) in [5, 5.41) is 6.09. The van der Waals surface area contributed by atoms with Crippen LogP contribution in [0.5, 0.6) is 0 Å². The van der Waals surface area contributed by atoms with E-state index in [-0.39, 0.29) is 18.5 Å². The van der Waals surface area contributed by atoms with Gasteiger partial charge in [-0.3, -0.25) is 4.79 Å². The first kappa shape index (κ1) is 17.6. The minimum atomic E-state index is -0.247. The monoisotopic (exact) mass is 335 g/mol. The lowest BCUT2D eigenvalue weighted by Gasteiger charge is -2.18. The molecule has 0 bridgehead atoms. The fourth-order valence-corrected chi connectivity index (χ4v) is 2.78. The summed E-state index contributed by atoms with van der Waals surface area (Å²) < 4.78 is 10.6. The summed E-state index contributed by atoms with van der Waals surface area (Å²) in [6.45, 7) is 5.14. The molecule has 1 atom stereocenters. The number of fused-ring (bicyclic) bond motifs is 1. The standard InChI is InChI=1S/C18H22ClNO3/c1-3-22-14(11-17(21)23-4-2)12-20-16-10-6-8-13-7-5-9-15(19)18(13)16/h5-10,14,20H,3-4,11-12H2,1-2H3. The van der Waals surface area contributed by atoms with Crippen LogP contribution < -0.4 is 5.32 Å². The predicted octanol–water partition coefficient (Wildman–Crippen LogP) is 4.26. The van der Waals surface area contributed by atoms with Crippen molar-refractivity contribution in [3.63, 3.8) is 0 Å². The SMILES string of the molecule is CCOC(=O)CC(CNc1cccc2cccc(Cl)c12)OCC. The Morgan fingerprint density at radius 1 is 1.17 bits per heavy atom. The van der Waals surface area contributed by atoms with Gasteiger partial charge in [-0.05, 0) is 31.4 Å². The van der Waals surface area contributed by atoms with Crippen molar-refractivity contribution < 1.29 is 14.3 Å². The maximum atomic E-state index is 11.7. The van der Waals surface area contributed by atoms with Crippen molar-refractivity contribution in [1.29, 1.82) is 0 Å². The molecular weight excluding hydrogens is 314 g/mol. The van der Waals surface area contributed by atoms with Gasteiger partial charge >= 0.3 is 5.97 Å². The normalized spacial score (nSPS) is 12.1. The van der Waals surface area contributed by atoms with Gasteiger partial charge in [0.05, 0.1) is 24.2 Å². The third kappa shape index (κ3) is 4.85. The Bertz CT molecular complexity index is 655. The predicted molar refractivity (Wildman–Crippen MR) is 94.1 cm³/mol. The van der Waals surface area contributed by atoms with Crippen LogP contribution in [0.15, 0.2) is 36.4 Å². The summed E-state index contributed by atoms with van der Waals surface area (Å²) in [7, 11) is 0. The Morgan fingerprint density at radius 2 is 1.91 bits per heavy atom. The van der Waals surface area contributed by atoms with Crippen LogP contribution in [0.1, 0.15) is 20.3 Å². The number of ether oxygens (including phenoxy) is 2. The Balaban J connectivity index is 2.10. The lowest BCUT2D eigenvalue weighted by Crippen LogP contribution is -2.27. The molecule has 0 aliphatic carbocycles. The van der Waals surface area contributed by atoms with Crippen molar-refractivity contribution in [1.82, 2.24) is 0 Å². The first-order chi connectivity index (χ1) is 11.2. The van der Waals surface area contributed by atoms with E-state index in [0.29, 0.717) is 24.8 Å². The van der Waals surface area contributed by atoms with Gasteiger partial charge in [-0.25, -0.2) is 0 Å². The third-order valence-corrected chi connectivity index (χ3v) is 3.79. The van der Waals surface area contributed by atoms with Crippen LogP contribution >= 0.6 is 11.6 Å². The largest absolute Gasteiger partial charge is 0.466 e. The second kappa shape index (κ2) is 8.75. The van der Waals surface area contributed by atoms with Gasteiger partial charge in [0, 0.05) is 24.2 Å². The Labute approximate surface area is 141 Å². The highest BCUT2D eigenvalue weighted by molar-refractivity contribution is 6.36. The molecule has 124 valence electrons. The minimum absolute atomic E-state index is 0.229. The quantitative estimate of drug-likeness (QED) is 0.732. The summed E-state index contributed by atoms with van der Waals surface area (Å²) >= 11 is 6.32. The molecule has 0 amide bonds. The number of nitrogens with one attached hydrogen (secondary N) is 1. The zero-order chi connectivity index (χ0) is 16.7. The number of rotatable bonds is 8. The molecule has 0 saturated heterocycles. The summed E-state index contributed by atoms with van der Waals surface area (Å²) in [4.78, 5) is 11.7.